The lowest BCUT2D eigenvalue weighted by Gasteiger charge is -2.39. The van der Waals surface area contributed by atoms with Gasteiger partial charge in [0, 0.05) is 38.8 Å². The smallest absolute Gasteiger partial charge is 0.191 e. The third kappa shape index (κ3) is 5.13. The molecule has 6 nitrogen and oxygen atoms in total. The molecule has 168 valence electrons. The second kappa shape index (κ2) is 10.3. The van der Waals surface area contributed by atoms with Crippen molar-refractivity contribution in [1.82, 2.24) is 15.5 Å². The number of hydrogen-bond acceptors (Lipinski definition) is 4. The van der Waals surface area contributed by atoms with Crippen molar-refractivity contribution in [3.8, 4) is 0 Å². The first kappa shape index (κ1) is 21.9. The molecule has 0 radical (unpaired) electrons. The molecule has 6 heteroatoms. The Morgan fingerprint density at radius 1 is 1.10 bits per heavy atom. The Bertz CT molecular complexity index is 837. The Hall–Kier alpha value is -2.31. The second-order valence-corrected chi connectivity index (χ2v) is 8.79. The Balaban J connectivity index is 1.42. The Morgan fingerprint density at radius 3 is 2.55 bits per heavy atom. The minimum Gasteiger partial charge on any atom is -0.468 e. The van der Waals surface area contributed by atoms with Gasteiger partial charge in [-0.2, -0.15) is 0 Å². The number of likely N-dealkylation sites (tertiary alicyclic amines) is 1. The summed E-state index contributed by atoms with van der Waals surface area (Å²) in [5, 5.41) is 7.19. The van der Waals surface area contributed by atoms with Crippen LogP contribution in [-0.4, -0.2) is 57.3 Å². The van der Waals surface area contributed by atoms with Gasteiger partial charge in [0.15, 0.2) is 5.96 Å². The highest BCUT2D eigenvalue weighted by molar-refractivity contribution is 5.79. The van der Waals surface area contributed by atoms with Crippen molar-refractivity contribution in [2.45, 2.75) is 44.1 Å². The first-order chi connectivity index (χ1) is 15.2. The van der Waals surface area contributed by atoms with Gasteiger partial charge < -0.3 is 19.8 Å². The number of benzene rings is 1. The molecule has 2 aliphatic heterocycles. The van der Waals surface area contributed by atoms with E-state index in [0.29, 0.717) is 0 Å². The number of hydrogen-bond donors (Lipinski definition) is 2. The largest absolute Gasteiger partial charge is 0.468 e. The number of furan rings is 1. The summed E-state index contributed by atoms with van der Waals surface area (Å²) in [5.41, 5.74) is 2.84. The molecule has 0 amide bonds. The van der Waals surface area contributed by atoms with Crippen molar-refractivity contribution < 1.29 is 9.15 Å². The topological polar surface area (TPSA) is 62.0 Å². The minimum atomic E-state index is 0.0661. The molecule has 4 rings (SSSR count). The SMILES string of the molecule is CN=C(NCC(c1ccco1)N1CCCC1)NCC1(c2ccccc2C)CCOCC1. The molecule has 2 aliphatic rings. The predicted octanol–water partition coefficient (Wildman–Crippen LogP) is 3.64. The van der Waals surface area contributed by atoms with E-state index in [1.54, 1.807) is 6.26 Å². The van der Waals surface area contributed by atoms with Crippen LogP contribution in [0.25, 0.3) is 0 Å². The molecule has 1 unspecified atom stereocenters. The van der Waals surface area contributed by atoms with E-state index < -0.39 is 0 Å². The number of ether oxygens (including phenoxy) is 1. The molecule has 0 spiro atoms. The monoisotopic (exact) mass is 424 g/mol. The summed E-state index contributed by atoms with van der Waals surface area (Å²) in [6.45, 7) is 7.67. The first-order valence-corrected chi connectivity index (χ1v) is 11.6. The lowest BCUT2D eigenvalue weighted by atomic mass is 9.72. The lowest BCUT2D eigenvalue weighted by molar-refractivity contribution is 0.0511. The van der Waals surface area contributed by atoms with Gasteiger partial charge in [0.05, 0.1) is 12.3 Å². The summed E-state index contributed by atoms with van der Waals surface area (Å²) < 4.78 is 11.5. The molecule has 0 aliphatic carbocycles. The van der Waals surface area contributed by atoms with Gasteiger partial charge in [-0.25, -0.2) is 0 Å². The number of nitrogens with zero attached hydrogens (tertiary/aromatic N) is 2. The normalized spacial score (nSPS) is 20.5. The van der Waals surface area contributed by atoms with Crippen LogP contribution in [0.15, 0.2) is 52.1 Å². The van der Waals surface area contributed by atoms with Crippen LogP contribution >= 0.6 is 0 Å². The molecular formula is C25H36N4O2. The summed E-state index contributed by atoms with van der Waals surface area (Å²) in [5.74, 6) is 1.86. The maximum atomic E-state index is 5.76. The highest BCUT2D eigenvalue weighted by Crippen LogP contribution is 2.36. The number of nitrogens with one attached hydrogen (secondary N) is 2. The summed E-state index contributed by atoms with van der Waals surface area (Å²) in [7, 11) is 1.84. The lowest BCUT2D eigenvalue weighted by Crippen LogP contribution is -2.49. The number of rotatable bonds is 7. The van der Waals surface area contributed by atoms with Crippen molar-refractivity contribution in [3.05, 3.63) is 59.5 Å². The third-order valence-electron chi connectivity index (χ3n) is 6.90. The van der Waals surface area contributed by atoms with Crippen LogP contribution in [0.1, 0.15) is 48.6 Å². The van der Waals surface area contributed by atoms with Crippen molar-refractivity contribution in [3.63, 3.8) is 0 Å². The van der Waals surface area contributed by atoms with Gasteiger partial charge in [0.25, 0.3) is 0 Å². The number of guanidine groups is 1. The number of aryl methyl sites for hydroxylation is 1. The zero-order chi connectivity index (χ0) is 21.5. The van der Waals surface area contributed by atoms with Crippen LogP contribution in [0, 0.1) is 6.92 Å². The van der Waals surface area contributed by atoms with Crippen LogP contribution in [0.5, 0.6) is 0 Å². The number of aliphatic imine (C=N–C) groups is 1. The van der Waals surface area contributed by atoms with Crippen LogP contribution in [0.2, 0.25) is 0 Å². The molecule has 1 atom stereocenters. The molecule has 0 bridgehead atoms. The van der Waals surface area contributed by atoms with Crippen molar-refractivity contribution in [2.24, 2.45) is 4.99 Å². The van der Waals surface area contributed by atoms with Crippen LogP contribution < -0.4 is 10.6 Å². The molecule has 2 aromatic rings. The molecular weight excluding hydrogens is 388 g/mol. The van der Waals surface area contributed by atoms with E-state index in [1.165, 1.54) is 24.0 Å². The Labute approximate surface area is 186 Å². The quantitative estimate of drug-likeness (QED) is 0.525. The van der Waals surface area contributed by atoms with E-state index in [2.05, 4.69) is 57.8 Å². The predicted molar refractivity (Wildman–Crippen MR) is 125 cm³/mol. The van der Waals surface area contributed by atoms with Gasteiger partial charge in [-0.05, 0) is 69.0 Å². The van der Waals surface area contributed by atoms with E-state index in [9.17, 15) is 0 Å². The van der Waals surface area contributed by atoms with Gasteiger partial charge in [-0.3, -0.25) is 9.89 Å². The van der Waals surface area contributed by atoms with Crippen LogP contribution in [0.4, 0.5) is 0 Å². The van der Waals surface area contributed by atoms with Crippen molar-refractivity contribution in [1.29, 1.82) is 0 Å². The van der Waals surface area contributed by atoms with Crippen LogP contribution in [0.3, 0.4) is 0 Å². The van der Waals surface area contributed by atoms with E-state index in [1.807, 2.05) is 13.1 Å². The van der Waals surface area contributed by atoms with Gasteiger partial charge >= 0.3 is 0 Å². The van der Waals surface area contributed by atoms with Crippen LogP contribution in [-0.2, 0) is 10.2 Å². The fourth-order valence-corrected chi connectivity index (χ4v) is 5.08. The van der Waals surface area contributed by atoms with Gasteiger partial charge in [-0.1, -0.05) is 24.3 Å². The molecule has 1 aromatic carbocycles. The molecule has 3 heterocycles. The molecule has 2 saturated heterocycles. The molecule has 2 fully saturated rings. The van der Waals surface area contributed by atoms with Gasteiger partial charge in [-0.15, -0.1) is 0 Å². The first-order valence-electron chi connectivity index (χ1n) is 11.6. The van der Waals surface area contributed by atoms with Crippen molar-refractivity contribution in [2.75, 3.05) is 46.4 Å². The average Bonchev–Trinajstić information content (AvgIpc) is 3.52. The molecule has 2 N–H and O–H groups in total. The summed E-state index contributed by atoms with van der Waals surface area (Å²) in [6.07, 6.45) is 6.31. The Morgan fingerprint density at radius 2 is 1.87 bits per heavy atom. The highest BCUT2D eigenvalue weighted by atomic mass is 16.5. The fourth-order valence-electron chi connectivity index (χ4n) is 5.08. The summed E-state index contributed by atoms with van der Waals surface area (Å²) in [6, 6.07) is 13.0. The molecule has 0 saturated carbocycles. The summed E-state index contributed by atoms with van der Waals surface area (Å²) in [4.78, 5) is 7.02. The maximum Gasteiger partial charge on any atom is 0.191 e. The minimum absolute atomic E-state index is 0.0661. The standard InChI is InChI=1S/C25H36N4O2/c1-20-8-3-4-9-21(20)25(11-16-30-17-12-25)19-28-24(26-2)27-18-22(23-10-7-15-31-23)29-13-5-6-14-29/h3-4,7-10,15,22H,5-6,11-14,16-19H2,1-2H3,(H2,26,27,28). The van der Waals surface area contributed by atoms with E-state index in [-0.39, 0.29) is 11.5 Å². The average molecular weight is 425 g/mol. The third-order valence-corrected chi connectivity index (χ3v) is 6.90. The molecule has 1 aromatic heterocycles. The van der Waals surface area contributed by atoms with E-state index in [0.717, 1.165) is 64.0 Å². The van der Waals surface area contributed by atoms with E-state index >= 15 is 0 Å². The molecule has 31 heavy (non-hydrogen) atoms. The fraction of sp³-hybridized carbons (Fsp3) is 0.560. The van der Waals surface area contributed by atoms with E-state index in [4.69, 9.17) is 9.15 Å². The van der Waals surface area contributed by atoms with Gasteiger partial charge in [0.2, 0.25) is 0 Å². The zero-order valence-corrected chi connectivity index (χ0v) is 18.9. The van der Waals surface area contributed by atoms with Crippen molar-refractivity contribution >= 4 is 5.96 Å². The zero-order valence-electron chi connectivity index (χ0n) is 18.9. The summed E-state index contributed by atoms with van der Waals surface area (Å²) >= 11 is 0. The maximum absolute atomic E-state index is 5.76. The second-order valence-electron chi connectivity index (χ2n) is 8.79. The highest BCUT2D eigenvalue weighted by Gasteiger charge is 2.35. The van der Waals surface area contributed by atoms with Gasteiger partial charge in [0.1, 0.15) is 5.76 Å². The Kier molecular flexibility index (Phi) is 7.30.